The smallest absolute Gasteiger partial charge is 0.335 e. The van der Waals surface area contributed by atoms with E-state index in [0.29, 0.717) is 5.56 Å². The summed E-state index contributed by atoms with van der Waals surface area (Å²) in [4.78, 5) is 13.6. The van der Waals surface area contributed by atoms with Crippen molar-refractivity contribution in [1.29, 1.82) is 0 Å². The van der Waals surface area contributed by atoms with Gasteiger partial charge in [-0.2, -0.15) is 0 Å². The van der Waals surface area contributed by atoms with Gasteiger partial charge in [-0.1, -0.05) is 38.3 Å². The molecule has 1 aliphatic heterocycles. The van der Waals surface area contributed by atoms with E-state index in [1.54, 1.807) is 6.07 Å². The second kappa shape index (κ2) is 6.71. The van der Waals surface area contributed by atoms with E-state index >= 15 is 0 Å². The van der Waals surface area contributed by atoms with Crippen molar-refractivity contribution < 1.29 is 9.90 Å². The molecule has 0 amide bonds. The summed E-state index contributed by atoms with van der Waals surface area (Å²) >= 11 is 0. The molecule has 0 spiro atoms. The maximum Gasteiger partial charge on any atom is 0.335 e. The largest absolute Gasteiger partial charge is 0.478 e. The molecule has 0 fully saturated rings. The van der Waals surface area contributed by atoms with Gasteiger partial charge < -0.3 is 5.11 Å². The predicted molar refractivity (Wildman–Crippen MR) is 76.5 cm³/mol. The number of rotatable bonds is 6. The minimum atomic E-state index is -0.798. The molecule has 0 saturated heterocycles. The first-order valence-electron chi connectivity index (χ1n) is 7.28. The summed E-state index contributed by atoms with van der Waals surface area (Å²) in [6, 6.07) is 5.65. The maximum absolute atomic E-state index is 11.2. The number of aromatic carboxylic acids is 1. The zero-order chi connectivity index (χ0) is 13.7. The molecule has 2 rings (SSSR count). The van der Waals surface area contributed by atoms with Gasteiger partial charge in [-0.25, -0.2) is 4.79 Å². The molecule has 0 saturated carbocycles. The Morgan fingerprint density at radius 2 is 2.16 bits per heavy atom. The molecule has 19 heavy (non-hydrogen) atoms. The zero-order valence-corrected chi connectivity index (χ0v) is 11.7. The molecule has 3 heteroatoms. The number of hydrogen-bond acceptors (Lipinski definition) is 2. The average Bonchev–Trinajstić information content (AvgIpc) is 2.42. The van der Waals surface area contributed by atoms with E-state index in [9.17, 15) is 9.90 Å². The van der Waals surface area contributed by atoms with E-state index in [1.807, 2.05) is 6.07 Å². The van der Waals surface area contributed by atoms with E-state index in [-0.39, 0.29) is 0 Å². The molecule has 1 aromatic carbocycles. The summed E-state index contributed by atoms with van der Waals surface area (Å²) in [5.41, 5.74) is 2.73. The Hall–Kier alpha value is -1.35. The molecule has 1 aliphatic rings. The first-order valence-corrected chi connectivity index (χ1v) is 7.28. The third-order valence-electron chi connectivity index (χ3n) is 3.90. The maximum atomic E-state index is 11.2. The van der Waals surface area contributed by atoms with Gasteiger partial charge in [0.2, 0.25) is 0 Å². The first-order chi connectivity index (χ1) is 9.22. The van der Waals surface area contributed by atoms with Crippen molar-refractivity contribution in [2.75, 3.05) is 13.1 Å². The Kier molecular flexibility index (Phi) is 4.97. The highest BCUT2D eigenvalue weighted by molar-refractivity contribution is 5.89. The number of carboxylic acids is 1. The fraction of sp³-hybridized carbons (Fsp3) is 0.562. The number of fused-ring (bicyclic) bond motifs is 1. The molecule has 0 unspecified atom stereocenters. The topological polar surface area (TPSA) is 40.5 Å². The number of hydrogen-bond donors (Lipinski definition) is 1. The minimum Gasteiger partial charge on any atom is -0.478 e. The molecule has 1 heterocycles. The third-order valence-corrected chi connectivity index (χ3v) is 3.90. The molecule has 3 nitrogen and oxygen atoms in total. The predicted octanol–water partition coefficient (Wildman–Crippen LogP) is 3.32. The number of carbonyl (C=O) groups is 1. The van der Waals surface area contributed by atoms with Crippen molar-refractivity contribution in [3.05, 3.63) is 34.9 Å². The van der Waals surface area contributed by atoms with Gasteiger partial charge >= 0.3 is 5.97 Å². The van der Waals surface area contributed by atoms with E-state index in [2.05, 4.69) is 17.9 Å². The van der Waals surface area contributed by atoms with Crippen molar-refractivity contribution >= 4 is 5.97 Å². The Balaban J connectivity index is 1.96. The SMILES string of the molecule is CCCCCCN1CCc2c(cccc2C(=O)O)C1. The highest BCUT2D eigenvalue weighted by Crippen LogP contribution is 2.23. The van der Waals surface area contributed by atoms with Crippen LogP contribution in [-0.2, 0) is 13.0 Å². The van der Waals surface area contributed by atoms with Crippen molar-refractivity contribution in [1.82, 2.24) is 4.90 Å². The molecule has 0 atom stereocenters. The molecule has 0 aromatic heterocycles. The fourth-order valence-corrected chi connectivity index (χ4v) is 2.82. The van der Waals surface area contributed by atoms with Gasteiger partial charge in [0.15, 0.2) is 0 Å². The Morgan fingerprint density at radius 1 is 1.32 bits per heavy atom. The van der Waals surface area contributed by atoms with Crippen LogP contribution in [0.5, 0.6) is 0 Å². The van der Waals surface area contributed by atoms with Crippen LogP contribution in [0.1, 0.15) is 54.1 Å². The summed E-state index contributed by atoms with van der Waals surface area (Å²) in [6.45, 7) is 5.26. The summed E-state index contributed by atoms with van der Waals surface area (Å²) < 4.78 is 0. The van der Waals surface area contributed by atoms with Crippen LogP contribution in [0.3, 0.4) is 0 Å². The summed E-state index contributed by atoms with van der Waals surface area (Å²) in [7, 11) is 0. The monoisotopic (exact) mass is 261 g/mol. The summed E-state index contributed by atoms with van der Waals surface area (Å²) in [5, 5.41) is 9.19. The summed E-state index contributed by atoms with van der Waals surface area (Å²) in [6.07, 6.45) is 6.00. The third kappa shape index (κ3) is 3.57. The van der Waals surface area contributed by atoms with Crippen LogP contribution >= 0.6 is 0 Å². The van der Waals surface area contributed by atoms with Gasteiger partial charge in [0.25, 0.3) is 0 Å². The van der Waals surface area contributed by atoms with Crippen LogP contribution in [0, 0.1) is 0 Å². The molecular weight excluding hydrogens is 238 g/mol. The van der Waals surface area contributed by atoms with Gasteiger partial charge in [-0.15, -0.1) is 0 Å². The van der Waals surface area contributed by atoms with E-state index < -0.39 is 5.97 Å². The fourth-order valence-electron chi connectivity index (χ4n) is 2.82. The van der Waals surface area contributed by atoms with Gasteiger partial charge in [-0.3, -0.25) is 4.90 Å². The minimum absolute atomic E-state index is 0.489. The standard InChI is InChI=1S/C16H23NO2/c1-2-3-4-5-10-17-11-9-14-13(12-17)7-6-8-15(14)16(18)19/h6-8H,2-5,9-12H2,1H3,(H,18,19). The van der Waals surface area contributed by atoms with Crippen LogP contribution in [0.15, 0.2) is 18.2 Å². The van der Waals surface area contributed by atoms with Crippen LogP contribution in [-0.4, -0.2) is 29.1 Å². The van der Waals surface area contributed by atoms with Crippen LogP contribution in [0.4, 0.5) is 0 Å². The lowest BCUT2D eigenvalue weighted by molar-refractivity contribution is 0.0694. The van der Waals surface area contributed by atoms with Gasteiger partial charge in [0.1, 0.15) is 0 Å². The van der Waals surface area contributed by atoms with Crippen molar-refractivity contribution in [2.45, 2.75) is 45.6 Å². The number of benzene rings is 1. The lowest BCUT2D eigenvalue weighted by Gasteiger charge is -2.29. The van der Waals surface area contributed by atoms with Gasteiger partial charge in [0.05, 0.1) is 5.56 Å². The van der Waals surface area contributed by atoms with Crippen LogP contribution in [0.2, 0.25) is 0 Å². The zero-order valence-electron chi connectivity index (χ0n) is 11.7. The molecule has 0 radical (unpaired) electrons. The molecular formula is C16H23NO2. The van der Waals surface area contributed by atoms with Crippen molar-refractivity contribution in [3.8, 4) is 0 Å². The first kappa shape index (κ1) is 14.1. The number of unbranched alkanes of at least 4 members (excludes halogenated alkanes) is 3. The molecule has 104 valence electrons. The molecule has 0 bridgehead atoms. The lowest BCUT2D eigenvalue weighted by atomic mass is 9.94. The average molecular weight is 261 g/mol. The van der Waals surface area contributed by atoms with E-state index in [4.69, 9.17) is 0 Å². The molecule has 1 aromatic rings. The van der Waals surface area contributed by atoms with E-state index in [1.165, 1.54) is 31.2 Å². The Bertz CT molecular complexity index is 442. The quantitative estimate of drug-likeness (QED) is 0.799. The van der Waals surface area contributed by atoms with Crippen LogP contribution < -0.4 is 0 Å². The normalized spacial score (nSPS) is 15.2. The molecule has 0 aliphatic carbocycles. The second-order valence-electron chi connectivity index (χ2n) is 5.34. The van der Waals surface area contributed by atoms with Gasteiger partial charge in [-0.05, 0) is 36.6 Å². The highest BCUT2D eigenvalue weighted by Gasteiger charge is 2.20. The Morgan fingerprint density at radius 3 is 2.89 bits per heavy atom. The van der Waals surface area contributed by atoms with Crippen molar-refractivity contribution in [3.63, 3.8) is 0 Å². The van der Waals surface area contributed by atoms with Crippen molar-refractivity contribution in [2.24, 2.45) is 0 Å². The Labute approximate surface area is 115 Å². The van der Waals surface area contributed by atoms with E-state index in [0.717, 1.165) is 31.6 Å². The number of carboxylic acid groups (broad SMARTS) is 1. The molecule has 1 N–H and O–H groups in total. The lowest BCUT2D eigenvalue weighted by Crippen LogP contribution is -2.32. The van der Waals surface area contributed by atoms with Gasteiger partial charge in [0, 0.05) is 13.1 Å². The number of nitrogens with zero attached hydrogens (tertiary/aromatic N) is 1. The highest BCUT2D eigenvalue weighted by atomic mass is 16.4. The second-order valence-corrected chi connectivity index (χ2v) is 5.34. The summed E-state index contributed by atoms with van der Waals surface area (Å²) in [5.74, 6) is -0.798. The van der Waals surface area contributed by atoms with Crippen LogP contribution in [0.25, 0.3) is 0 Å².